The van der Waals surface area contributed by atoms with E-state index in [1.807, 2.05) is 35.9 Å². The fourth-order valence-electron chi connectivity index (χ4n) is 1.59. The summed E-state index contributed by atoms with van der Waals surface area (Å²) in [6.07, 6.45) is 1.65. The molecular formula is C11H10N6S. The van der Waals surface area contributed by atoms with E-state index < -0.39 is 0 Å². The van der Waals surface area contributed by atoms with Gasteiger partial charge in [0.1, 0.15) is 11.4 Å². The topological polar surface area (TPSA) is 82.5 Å². The van der Waals surface area contributed by atoms with Crippen LogP contribution in [0.5, 0.6) is 0 Å². The van der Waals surface area contributed by atoms with Gasteiger partial charge in [0, 0.05) is 12.4 Å². The summed E-state index contributed by atoms with van der Waals surface area (Å²) >= 11 is 1.42. The molecule has 2 aromatic heterocycles. The maximum absolute atomic E-state index is 5.71. The van der Waals surface area contributed by atoms with Crippen molar-refractivity contribution in [2.24, 2.45) is 7.05 Å². The van der Waals surface area contributed by atoms with Crippen LogP contribution in [0.3, 0.4) is 0 Å². The minimum atomic E-state index is 0.262. The summed E-state index contributed by atoms with van der Waals surface area (Å²) in [5, 5.41) is 10.4. The van der Waals surface area contributed by atoms with Gasteiger partial charge in [0.05, 0.1) is 5.52 Å². The number of hydrogen-bond acceptors (Lipinski definition) is 6. The van der Waals surface area contributed by atoms with Gasteiger partial charge in [-0.3, -0.25) is 0 Å². The molecule has 2 N–H and O–H groups in total. The molecule has 0 saturated carbocycles. The summed E-state index contributed by atoms with van der Waals surface area (Å²) in [6.45, 7) is 0. The molecule has 0 saturated heterocycles. The first kappa shape index (κ1) is 11.0. The van der Waals surface area contributed by atoms with Crippen molar-refractivity contribution in [1.29, 1.82) is 0 Å². The van der Waals surface area contributed by atoms with Crippen LogP contribution in [0.2, 0.25) is 0 Å². The van der Waals surface area contributed by atoms with Crippen LogP contribution in [0.25, 0.3) is 10.9 Å². The molecule has 0 aliphatic rings. The third-order valence-electron chi connectivity index (χ3n) is 2.44. The second-order valence-electron chi connectivity index (χ2n) is 3.73. The molecule has 2 heterocycles. The molecule has 18 heavy (non-hydrogen) atoms. The summed E-state index contributed by atoms with van der Waals surface area (Å²) in [4.78, 5) is 8.46. The first-order chi connectivity index (χ1) is 8.74. The van der Waals surface area contributed by atoms with Crippen LogP contribution < -0.4 is 5.73 Å². The average Bonchev–Trinajstić information content (AvgIpc) is 2.75. The van der Waals surface area contributed by atoms with Crippen LogP contribution in [0.15, 0.2) is 40.8 Å². The summed E-state index contributed by atoms with van der Waals surface area (Å²) in [5.41, 5.74) is 6.54. The molecule has 3 rings (SSSR count). The molecule has 0 radical (unpaired) electrons. The maximum atomic E-state index is 5.71. The van der Waals surface area contributed by atoms with Crippen molar-refractivity contribution in [3.8, 4) is 0 Å². The van der Waals surface area contributed by atoms with Crippen molar-refractivity contribution in [3.05, 3.63) is 30.6 Å². The molecule has 0 unspecified atom stereocenters. The number of anilines is 1. The molecule has 0 aliphatic carbocycles. The highest BCUT2D eigenvalue weighted by Crippen LogP contribution is 2.30. The highest BCUT2D eigenvalue weighted by Gasteiger charge is 2.10. The van der Waals surface area contributed by atoms with Crippen LogP contribution in [0.1, 0.15) is 0 Å². The van der Waals surface area contributed by atoms with Gasteiger partial charge in [-0.1, -0.05) is 18.2 Å². The summed E-state index contributed by atoms with van der Waals surface area (Å²) in [7, 11) is 1.88. The lowest BCUT2D eigenvalue weighted by atomic mass is 10.2. The fourth-order valence-corrected chi connectivity index (χ4v) is 2.47. The van der Waals surface area contributed by atoms with Crippen LogP contribution in [0, 0.1) is 0 Å². The molecule has 6 nitrogen and oxygen atoms in total. The van der Waals surface area contributed by atoms with Gasteiger partial charge in [0.25, 0.3) is 0 Å². The van der Waals surface area contributed by atoms with E-state index in [-0.39, 0.29) is 5.95 Å². The average molecular weight is 258 g/mol. The third-order valence-corrected chi connectivity index (χ3v) is 3.50. The molecule has 0 bridgehead atoms. The second-order valence-corrected chi connectivity index (χ2v) is 4.69. The van der Waals surface area contributed by atoms with E-state index in [0.717, 1.165) is 21.1 Å². The zero-order chi connectivity index (χ0) is 12.5. The number of hydrogen-bond donors (Lipinski definition) is 1. The smallest absolute Gasteiger partial charge is 0.221 e. The van der Waals surface area contributed by atoms with Crippen LogP contribution in [-0.4, -0.2) is 24.7 Å². The monoisotopic (exact) mass is 258 g/mol. The minimum absolute atomic E-state index is 0.262. The highest BCUT2D eigenvalue weighted by atomic mass is 32.2. The first-order valence-electron chi connectivity index (χ1n) is 5.28. The zero-order valence-corrected chi connectivity index (χ0v) is 10.4. The zero-order valence-electron chi connectivity index (χ0n) is 9.61. The Hall–Kier alpha value is -2.15. The van der Waals surface area contributed by atoms with Crippen LogP contribution in [0.4, 0.5) is 5.95 Å². The Labute approximate surface area is 107 Å². The number of benzene rings is 1. The predicted molar refractivity (Wildman–Crippen MR) is 69.1 cm³/mol. The third kappa shape index (κ3) is 1.88. The number of nitrogen functional groups attached to an aromatic ring is 1. The predicted octanol–water partition coefficient (Wildman–Crippen LogP) is 1.49. The van der Waals surface area contributed by atoms with Gasteiger partial charge in [-0.15, -0.1) is 10.2 Å². The van der Waals surface area contributed by atoms with E-state index >= 15 is 0 Å². The van der Waals surface area contributed by atoms with Crippen molar-refractivity contribution >= 4 is 28.6 Å². The lowest BCUT2D eigenvalue weighted by Crippen LogP contribution is -1.98. The van der Waals surface area contributed by atoms with Gasteiger partial charge in [0.2, 0.25) is 5.95 Å². The molecular weight excluding hydrogens is 248 g/mol. The lowest BCUT2D eigenvalue weighted by molar-refractivity contribution is 0.787. The standard InChI is InChI=1S/C11H10N6S/c1-17-6-13-16-11(17)18-9-7-4-2-3-5-8(7)14-10(12)15-9/h2-6H,1H3,(H2,12,14,15). The summed E-state index contributed by atoms with van der Waals surface area (Å²) in [6, 6.07) is 7.75. The Morgan fingerprint density at radius 1 is 1.22 bits per heavy atom. The number of aromatic nitrogens is 5. The number of fused-ring (bicyclic) bond motifs is 1. The summed E-state index contributed by atoms with van der Waals surface area (Å²) < 4.78 is 1.83. The van der Waals surface area contributed by atoms with Gasteiger partial charge >= 0.3 is 0 Å². The van der Waals surface area contributed by atoms with E-state index in [1.54, 1.807) is 6.33 Å². The molecule has 7 heteroatoms. The largest absolute Gasteiger partial charge is 0.368 e. The molecule has 0 spiro atoms. The normalized spacial score (nSPS) is 10.9. The van der Waals surface area contributed by atoms with Crippen molar-refractivity contribution < 1.29 is 0 Å². The molecule has 0 fully saturated rings. The number of nitrogens with zero attached hydrogens (tertiary/aromatic N) is 5. The van der Waals surface area contributed by atoms with Crippen molar-refractivity contribution in [2.45, 2.75) is 10.2 Å². The Morgan fingerprint density at radius 2 is 2.06 bits per heavy atom. The molecule has 90 valence electrons. The van der Waals surface area contributed by atoms with E-state index in [0.29, 0.717) is 0 Å². The molecule has 0 atom stereocenters. The maximum Gasteiger partial charge on any atom is 0.221 e. The second kappa shape index (κ2) is 4.26. The van der Waals surface area contributed by atoms with E-state index in [4.69, 9.17) is 5.73 Å². The Morgan fingerprint density at radius 3 is 2.83 bits per heavy atom. The van der Waals surface area contributed by atoms with Gasteiger partial charge in [-0.2, -0.15) is 0 Å². The quantitative estimate of drug-likeness (QED) is 0.701. The van der Waals surface area contributed by atoms with Crippen molar-refractivity contribution in [3.63, 3.8) is 0 Å². The minimum Gasteiger partial charge on any atom is -0.368 e. The Bertz CT molecular complexity index is 708. The number of aryl methyl sites for hydroxylation is 1. The Kier molecular flexibility index (Phi) is 2.60. The molecule has 0 amide bonds. The molecule has 1 aromatic carbocycles. The van der Waals surface area contributed by atoms with Gasteiger partial charge < -0.3 is 10.3 Å². The molecule has 3 aromatic rings. The SMILES string of the molecule is Cn1cnnc1Sc1nc(N)nc2ccccc12. The highest BCUT2D eigenvalue weighted by molar-refractivity contribution is 7.99. The number of para-hydroxylation sites is 1. The van der Waals surface area contributed by atoms with E-state index in [2.05, 4.69) is 20.2 Å². The van der Waals surface area contributed by atoms with Gasteiger partial charge in [-0.05, 0) is 17.8 Å². The number of nitrogens with two attached hydrogens (primary N) is 1. The lowest BCUT2D eigenvalue weighted by Gasteiger charge is -2.05. The van der Waals surface area contributed by atoms with Crippen molar-refractivity contribution in [1.82, 2.24) is 24.7 Å². The number of rotatable bonds is 2. The Balaban J connectivity index is 2.14. The van der Waals surface area contributed by atoms with E-state index in [1.165, 1.54) is 11.8 Å². The first-order valence-corrected chi connectivity index (χ1v) is 6.10. The van der Waals surface area contributed by atoms with Crippen LogP contribution >= 0.6 is 11.8 Å². The fraction of sp³-hybridized carbons (Fsp3) is 0.0909. The van der Waals surface area contributed by atoms with E-state index in [9.17, 15) is 0 Å². The van der Waals surface area contributed by atoms with Gasteiger partial charge in [0.15, 0.2) is 5.16 Å². The van der Waals surface area contributed by atoms with Crippen LogP contribution in [-0.2, 0) is 7.05 Å². The van der Waals surface area contributed by atoms with Gasteiger partial charge in [-0.25, -0.2) is 9.97 Å². The van der Waals surface area contributed by atoms with Crippen molar-refractivity contribution in [2.75, 3.05) is 5.73 Å². The molecule has 0 aliphatic heterocycles. The summed E-state index contributed by atoms with van der Waals surface area (Å²) in [5.74, 6) is 0.262.